The van der Waals surface area contributed by atoms with Gasteiger partial charge in [0, 0.05) is 17.9 Å². The van der Waals surface area contributed by atoms with Gasteiger partial charge in [-0.2, -0.15) is 8.78 Å². The second-order valence-corrected chi connectivity index (χ2v) is 7.28. The third kappa shape index (κ3) is 3.91. The molecule has 0 unspecified atom stereocenters. The first-order chi connectivity index (χ1) is 9.32. The Morgan fingerprint density at radius 2 is 1.85 bits per heavy atom. The van der Waals surface area contributed by atoms with Gasteiger partial charge in [-0.25, -0.2) is 8.42 Å². The van der Waals surface area contributed by atoms with Gasteiger partial charge < -0.3 is 4.90 Å². The molecule has 1 aromatic rings. The molecule has 0 bridgehead atoms. The van der Waals surface area contributed by atoms with E-state index in [1.807, 2.05) is 18.7 Å². The van der Waals surface area contributed by atoms with Gasteiger partial charge in [0.25, 0.3) is 0 Å². The van der Waals surface area contributed by atoms with Gasteiger partial charge >= 0.3 is 5.76 Å². The fraction of sp³-hybridized carbons (Fsp3) is 0.538. The van der Waals surface area contributed by atoms with Crippen LogP contribution in [0.4, 0.5) is 14.5 Å². The van der Waals surface area contributed by atoms with Crippen LogP contribution in [0, 0.1) is 0 Å². The number of para-hydroxylation sites is 1. The number of alkyl halides is 3. The molecule has 0 aliphatic carbocycles. The van der Waals surface area contributed by atoms with Crippen LogP contribution in [-0.4, -0.2) is 32.1 Å². The topological polar surface area (TPSA) is 37.4 Å². The summed E-state index contributed by atoms with van der Waals surface area (Å²) in [5, 5.41) is 0.764. The maximum atomic E-state index is 12.8. The molecule has 0 spiro atoms. The lowest BCUT2D eigenvalue weighted by molar-refractivity contribution is 0.234. The standard InChI is InChI=1S/C13H18BrF2NO2S/c1-10(2)17(9-5-8-14)11-6-3-4-7-12(11)20(18,19)13(15)16/h3-4,6-7,10,13H,5,8-9H2,1-2H3. The van der Waals surface area contributed by atoms with Crippen molar-refractivity contribution in [2.45, 2.75) is 37.0 Å². The predicted molar refractivity (Wildman–Crippen MR) is 80.5 cm³/mol. The van der Waals surface area contributed by atoms with Crippen molar-refractivity contribution in [1.82, 2.24) is 0 Å². The molecule has 0 aliphatic rings. The Labute approximate surface area is 127 Å². The van der Waals surface area contributed by atoms with Crippen molar-refractivity contribution in [3.63, 3.8) is 0 Å². The quantitative estimate of drug-likeness (QED) is 0.687. The van der Waals surface area contributed by atoms with Gasteiger partial charge in [0.15, 0.2) is 0 Å². The molecule has 20 heavy (non-hydrogen) atoms. The molecule has 114 valence electrons. The van der Waals surface area contributed by atoms with Crippen LogP contribution in [0.25, 0.3) is 0 Å². The van der Waals surface area contributed by atoms with Crippen molar-refractivity contribution in [2.24, 2.45) is 0 Å². The van der Waals surface area contributed by atoms with Gasteiger partial charge in [-0.1, -0.05) is 28.1 Å². The molecule has 0 saturated heterocycles. The minimum Gasteiger partial charge on any atom is -0.368 e. The van der Waals surface area contributed by atoms with Gasteiger partial charge in [0.05, 0.1) is 10.6 Å². The summed E-state index contributed by atoms with van der Waals surface area (Å²) in [5.41, 5.74) is 0.337. The van der Waals surface area contributed by atoms with Crippen LogP contribution >= 0.6 is 15.9 Å². The van der Waals surface area contributed by atoms with E-state index in [1.165, 1.54) is 12.1 Å². The molecule has 0 aromatic heterocycles. The Bertz CT molecular complexity index is 535. The average Bonchev–Trinajstić information content (AvgIpc) is 2.39. The molecule has 0 atom stereocenters. The fourth-order valence-electron chi connectivity index (χ4n) is 1.92. The first kappa shape index (κ1) is 17.4. The van der Waals surface area contributed by atoms with Crippen LogP contribution in [0.3, 0.4) is 0 Å². The van der Waals surface area contributed by atoms with E-state index in [0.717, 1.165) is 11.8 Å². The number of nitrogens with zero attached hydrogens (tertiary/aromatic N) is 1. The van der Waals surface area contributed by atoms with Crippen molar-refractivity contribution < 1.29 is 17.2 Å². The van der Waals surface area contributed by atoms with Crippen LogP contribution in [0.15, 0.2) is 29.2 Å². The van der Waals surface area contributed by atoms with E-state index in [1.54, 1.807) is 12.1 Å². The lowest BCUT2D eigenvalue weighted by Gasteiger charge is -2.30. The van der Waals surface area contributed by atoms with Gasteiger partial charge in [-0.05, 0) is 32.4 Å². The number of halogens is 3. The molecule has 0 amide bonds. The zero-order valence-electron chi connectivity index (χ0n) is 11.4. The smallest absolute Gasteiger partial charge is 0.341 e. The molecular weight excluding hydrogens is 352 g/mol. The number of hydrogen-bond acceptors (Lipinski definition) is 3. The Hall–Kier alpha value is -0.690. The van der Waals surface area contributed by atoms with Crippen LogP contribution < -0.4 is 4.90 Å². The number of benzene rings is 1. The minimum atomic E-state index is -4.60. The lowest BCUT2D eigenvalue weighted by atomic mass is 10.2. The second kappa shape index (κ2) is 7.36. The fourth-order valence-corrected chi connectivity index (χ4v) is 3.11. The summed E-state index contributed by atoms with van der Waals surface area (Å²) < 4.78 is 49.1. The normalized spacial score (nSPS) is 12.2. The summed E-state index contributed by atoms with van der Waals surface area (Å²) in [6.45, 7) is 4.40. The van der Waals surface area contributed by atoms with E-state index >= 15 is 0 Å². The van der Waals surface area contributed by atoms with E-state index in [2.05, 4.69) is 15.9 Å². The molecule has 0 saturated carbocycles. The molecule has 0 N–H and O–H groups in total. The van der Waals surface area contributed by atoms with Crippen LogP contribution in [0.1, 0.15) is 20.3 Å². The maximum absolute atomic E-state index is 12.8. The summed E-state index contributed by atoms with van der Waals surface area (Å²) in [6, 6.07) is 5.94. The van der Waals surface area contributed by atoms with Crippen molar-refractivity contribution in [2.75, 3.05) is 16.8 Å². The molecule has 0 aliphatic heterocycles. The Kier molecular flexibility index (Phi) is 6.39. The van der Waals surface area contributed by atoms with E-state index in [4.69, 9.17) is 0 Å². The van der Waals surface area contributed by atoms with Crippen molar-refractivity contribution >= 4 is 31.5 Å². The SMILES string of the molecule is CC(C)N(CCCBr)c1ccccc1S(=O)(=O)C(F)F. The predicted octanol–water partition coefficient (Wildman–Crippen LogP) is 3.68. The number of rotatable bonds is 7. The third-order valence-corrected chi connectivity index (χ3v) is 4.86. The minimum absolute atomic E-state index is 0.0167. The highest BCUT2D eigenvalue weighted by atomic mass is 79.9. The Morgan fingerprint density at radius 3 is 2.35 bits per heavy atom. The zero-order chi connectivity index (χ0) is 15.3. The Morgan fingerprint density at radius 1 is 1.25 bits per heavy atom. The lowest BCUT2D eigenvalue weighted by Crippen LogP contribution is -2.33. The summed E-state index contributed by atoms with van der Waals surface area (Å²) >= 11 is 3.32. The first-order valence-corrected chi connectivity index (χ1v) is 8.92. The van der Waals surface area contributed by atoms with Crippen molar-refractivity contribution in [3.05, 3.63) is 24.3 Å². The first-order valence-electron chi connectivity index (χ1n) is 6.26. The number of hydrogen-bond donors (Lipinski definition) is 0. The molecule has 0 heterocycles. The second-order valence-electron chi connectivity index (χ2n) is 4.60. The van der Waals surface area contributed by atoms with Crippen molar-refractivity contribution in [3.8, 4) is 0 Å². The van der Waals surface area contributed by atoms with E-state index in [-0.39, 0.29) is 10.9 Å². The summed E-state index contributed by atoms with van der Waals surface area (Å²) in [7, 11) is -4.60. The average molecular weight is 370 g/mol. The number of anilines is 1. The molecule has 7 heteroatoms. The monoisotopic (exact) mass is 369 g/mol. The van der Waals surface area contributed by atoms with E-state index < -0.39 is 15.6 Å². The third-order valence-electron chi connectivity index (χ3n) is 2.87. The van der Waals surface area contributed by atoms with Gasteiger partial charge in [0.2, 0.25) is 9.84 Å². The molecule has 0 fully saturated rings. The highest BCUT2D eigenvalue weighted by Crippen LogP contribution is 2.30. The summed E-state index contributed by atoms with van der Waals surface area (Å²) in [6.07, 6.45) is 0.793. The largest absolute Gasteiger partial charge is 0.368 e. The zero-order valence-corrected chi connectivity index (χ0v) is 13.8. The maximum Gasteiger partial charge on any atom is 0.341 e. The van der Waals surface area contributed by atoms with E-state index in [9.17, 15) is 17.2 Å². The van der Waals surface area contributed by atoms with Crippen LogP contribution in [-0.2, 0) is 9.84 Å². The summed E-state index contributed by atoms with van der Waals surface area (Å²) in [5.74, 6) is -3.41. The van der Waals surface area contributed by atoms with Gasteiger partial charge in [-0.15, -0.1) is 0 Å². The molecule has 1 rings (SSSR count). The van der Waals surface area contributed by atoms with Crippen LogP contribution in [0.5, 0.6) is 0 Å². The highest BCUT2D eigenvalue weighted by Gasteiger charge is 2.30. The molecular formula is C13H18BrF2NO2S. The van der Waals surface area contributed by atoms with Crippen LogP contribution in [0.2, 0.25) is 0 Å². The Balaban J connectivity index is 3.30. The van der Waals surface area contributed by atoms with Crippen molar-refractivity contribution in [1.29, 1.82) is 0 Å². The highest BCUT2D eigenvalue weighted by molar-refractivity contribution is 9.09. The van der Waals surface area contributed by atoms with Gasteiger partial charge in [0.1, 0.15) is 0 Å². The molecule has 1 aromatic carbocycles. The number of sulfone groups is 1. The summed E-state index contributed by atoms with van der Waals surface area (Å²) in [4.78, 5) is 1.52. The van der Waals surface area contributed by atoms with Gasteiger partial charge in [-0.3, -0.25) is 0 Å². The van der Waals surface area contributed by atoms with E-state index in [0.29, 0.717) is 12.2 Å². The molecule has 3 nitrogen and oxygen atoms in total. The molecule has 0 radical (unpaired) electrons.